The second kappa shape index (κ2) is 9.46. The number of benzene rings is 6. The van der Waals surface area contributed by atoms with Gasteiger partial charge in [-0.1, -0.05) is 109 Å². The molecule has 0 unspecified atom stereocenters. The summed E-state index contributed by atoms with van der Waals surface area (Å²) in [4.78, 5) is 15.1. The lowest BCUT2D eigenvalue weighted by molar-refractivity contribution is 0.604. The molecule has 1 N–H and O–H groups in total. The van der Waals surface area contributed by atoms with Gasteiger partial charge in [0.25, 0.3) is 0 Å². The fourth-order valence-electron chi connectivity index (χ4n) is 6.03. The predicted octanol–water partition coefficient (Wildman–Crippen LogP) is 9.38. The van der Waals surface area contributed by atoms with Crippen LogP contribution in [0, 0.1) is 12.3 Å². The SMILES string of the molecule is Cc1c(C=N)oc2cccc(-c3nc(-c4ccccc4)nc(-c4cccc5c4ccc4c6ccccc6ccc54)n3)c12. The number of hydrogen-bond donors (Lipinski definition) is 1. The summed E-state index contributed by atoms with van der Waals surface area (Å²) in [6.45, 7) is 1.97. The van der Waals surface area contributed by atoms with Crippen LogP contribution in [0.2, 0.25) is 0 Å². The minimum atomic E-state index is 0.531. The number of aromatic nitrogens is 3. The van der Waals surface area contributed by atoms with Gasteiger partial charge >= 0.3 is 0 Å². The first-order valence-corrected chi connectivity index (χ1v) is 13.9. The molecule has 0 aliphatic carbocycles. The molecule has 0 saturated carbocycles. The number of nitrogens with one attached hydrogen (secondary N) is 1. The smallest absolute Gasteiger partial charge is 0.164 e. The van der Waals surface area contributed by atoms with Gasteiger partial charge in [0, 0.05) is 27.6 Å². The molecule has 2 heterocycles. The van der Waals surface area contributed by atoms with Crippen LogP contribution in [0.5, 0.6) is 0 Å². The van der Waals surface area contributed by atoms with Crippen molar-refractivity contribution < 1.29 is 4.42 Å². The van der Waals surface area contributed by atoms with Crippen LogP contribution < -0.4 is 0 Å². The molecule has 198 valence electrons. The average molecular weight is 541 g/mol. The van der Waals surface area contributed by atoms with Crippen molar-refractivity contribution in [2.45, 2.75) is 6.92 Å². The van der Waals surface area contributed by atoms with E-state index in [2.05, 4.69) is 66.7 Å². The standard InChI is InChI=1S/C37H24N4O/c1-22-33(21-38)42-32-16-8-15-31(34(22)32)37-40-35(24-10-3-2-4-11-24)39-36(41-37)30-14-7-13-26-28-18-17-23-9-5-6-12-25(23)27(28)19-20-29(26)30/h2-21,38H,1H3. The van der Waals surface area contributed by atoms with Crippen LogP contribution >= 0.6 is 0 Å². The van der Waals surface area contributed by atoms with E-state index in [9.17, 15) is 0 Å². The molecule has 0 fully saturated rings. The van der Waals surface area contributed by atoms with Gasteiger partial charge in [-0.25, -0.2) is 15.0 Å². The third-order valence-corrected chi connectivity index (χ3v) is 8.05. The zero-order valence-corrected chi connectivity index (χ0v) is 22.8. The lowest BCUT2D eigenvalue weighted by Crippen LogP contribution is -2.01. The number of rotatable bonds is 4. The zero-order chi connectivity index (χ0) is 28.2. The highest BCUT2D eigenvalue weighted by Gasteiger charge is 2.19. The Morgan fingerprint density at radius 3 is 2.02 bits per heavy atom. The number of aryl methyl sites for hydroxylation is 1. The molecule has 8 aromatic rings. The van der Waals surface area contributed by atoms with E-state index in [1.807, 2.05) is 55.5 Å². The molecule has 0 spiro atoms. The van der Waals surface area contributed by atoms with E-state index in [0.717, 1.165) is 38.4 Å². The van der Waals surface area contributed by atoms with Gasteiger partial charge in [-0.15, -0.1) is 0 Å². The highest BCUT2D eigenvalue weighted by molar-refractivity contribution is 6.19. The van der Waals surface area contributed by atoms with Gasteiger partial charge in [-0.3, -0.25) is 0 Å². The van der Waals surface area contributed by atoms with Gasteiger partial charge in [0.05, 0.1) is 6.21 Å². The molecule has 6 aromatic carbocycles. The second-order valence-corrected chi connectivity index (χ2v) is 10.4. The normalized spacial score (nSPS) is 11.5. The van der Waals surface area contributed by atoms with Crippen LogP contribution in [-0.4, -0.2) is 21.2 Å². The van der Waals surface area contributed by atoms with Crippen molar-refractivity contribution in [1.29, 1.82) is 5.41 Å². The molecular formula is C37H24N4O. The summed E-state index contributed by atoms with van der Waals surface area (Å²) in [6, 6.07) is 39.5. The van der Waals surface area contributed by atoms with Crippen molar-refractivity contribution in [1.82, 2.24) is 15.0 Å². The minimum absolute atomic E-state index is 0.531. The van der Waals surface area contributed by atoms with Crippen molar-refractivity contribution in [2.24, 2.45) is 0 Å². The Kier molecular flexibility index (Phi) is 5.44. The molecule has 5 heteroatoms. The van der Waals surface area contributed by atoms with E-state index in [0.29, 0.717) is 28.8 Å². The Labute approximate surface area is 241 Å². The van der Waals surface area contributed by atoms with E-state index >= 15 is 0 Å². The van der Waals surface area contributed by atoms with Crippen molar-refractivity contribution in [3.05, 3.63) is 127 Å². The Balaban J connectivity index is 1.41. The van der Waals surface area contributed by atoms with Gasteiger partial charge < -0.3 is 9.83 Å². The van der Waals surface area contributed by atoms with E-state index in [1.165, 1.54) is 27.8 Å². The van der Waals surface area contributed by atoms with Crippen LogP contribution in [-0.2, 0) is 0 Å². The van der Waals surface area contributed by atoms with Crippen LogP contribution in [0.25, 0.3) is 77.5 Å². The van der Waals surface area contributed by atoms with Crippen molar-refractivity contribution in [3.8, 4) is 34.2 Å². The lowest BCUT2D eigenvalue weighted by atomic mass is 9.95. The molecule has 2 aromatic heterocycles. The summed E-state index contributed by atoms with van der Waals surface area (Å²) in [6.07, 6.45) is 1.25. The molecule has 8 rings (SSSR count). The summed E-state index contributed by atoms with van der Waals surface area (Å²) in [5.74, 6) is 2.30. The summed E-state index contributed by atoms with van der Waals surface area (Å²) in [5.41, 5.74) is 4.30. The minimum Gasteiger partial charge on any atom is -0.455 e. The zero-order valence-electron chi connectivity index (χ0n) is 22.8. The van der Waals surface area contributed by atoms with Crippen LogP contribution in [0.3, 0.4) is 0 Å². The molecule has 0 radical (unpaired) electrons. The van der Waals surface area contributed by atoms with Gasteiger partial charge in [-0.2, -0.15) is 0 Å². The maximum Gasteiger partial charge on any atom is 0.164 e. The second-order valence-electron chi connectivity index (χ2n) is 10.4. The van der Waals surface area contributed by atoms with Crippen molar-refractivity contribution in [2.75, 3.05) is 0 Å². The van der Waals surface area contributed by atoms with Gasteiger partial charge in [-0.05, 0) is 45.3 Å². The molecular weight excluding hydrogens is 516 g/mol. The first-order valence-electron chi connectivity index (χ1n) is 13.9. The number of nitrogens with zero attached hydrogens (tertiary/aromatic N) is 3. The summed E-state index contributed by atoms with van der Waals surface area (Å²) >= 11 is 0. The fourth-order valence-corrected chi connectivity index (χ4v) is 6.03. The Bertz CT molecular complexity index is 2340. The Hall–Kier alpha value is -5.68. The van der Waals surface area contributed by atoms with Crippen molar-refractivity contribution >= 4 is 49.5 Å². The molecule has 5 nitrogen and oxygen atoms in total. The first kappa shape index (κ1) is 24.1. The van der Waals surface area contributed by atoms with Gasteiger partial charge in [0.15, 0.2) is 17.5 Å². The van der Waals surface area contributed by atoms with Crippen LogP contribution in [0.15, 0.2) is 120 Å². The summed E-state index contributed by atoms with van der Waals surface area (Å²) in [7, 11) is 0. The Morgan fingerprint density at radius 1 is 0.548 bits per heavy atom. The van der Waals surface area contributed by atoms with Gasteiger partial charge in [0.1, 0.15) is 11.3 Å². The molecule has 0 aliphatic rings. The Morgan fingerprint density at radius 2 is 1.17 bits per heavy atom. The van der Waals surface area contributed by atoms with Crippen LogP contribution in [0.4, 0.5) is 0 Å². The number of fused-ring (bicyclic) bond motifs is 6. The molecule has 0 atom stereocenters. The van der Waals surface area contributed by atoms with E-state index in [-0.39, 0.29) is 0 Å². The third kappa shape index (κ3) is 3.71. The highest BCUT2D eigenvalue weighted by Crippen LogP contribution is 2.37. The van der Waals surface area contributed by atoms with E-state index in [1.54, 1.807) is 0 Å². The third-order valence-electron chi connectivity index (χ3n) is 8.05. The van der Waals surface area contributed by atoms with Crippen LogP contribution in [0.1, 0.15) is 11.3 Å². The lowest BCUT2D eigenvalue weighted by Gasteiger charge is -2.13. The summed E-state index contributed by atoms with van der Waals surface area (Å²) < 4.78 is 5.95. The van der Waals surface area contributed by atoms with E-state index < -0.39 is 0 Å². The van der Waals surface area contributed by atoms with E-state index in [4.69, 9.17) is 24.8 Å². The molecule has 42 heavy (non-hydrogen) atoms. The number of hydrogen-bond acceptors (Lipinski definition) is 5. The highest BCUT2D eigenvalue weighted by atomic mass is 16.3. The quantitative estimate of drug-likeness (QED) is 0.178. The first-order chi connectivity index (χ1) is 20.7. The fraction of sp³-hybridized carbons (Fsp3) is 0.0270. The molecule has 0 amide bonds. The molecule has 0 bridgehead atoms. The van der Waals surface area contributed by atoms with Crippen molar-refractivity contribution in [3.63, 3.8) is 0 Å². The van der Waals surface area contributed by atoms with Gasteiger partial charge in [0.2, 0.25) is 0 Å². The topological polar surface area (TPSA) is 75.7 Å². The largest absolute Gasteiger partial charge is 0.455 e. The maximum atomic E-state index is 7.80. The molecule has 0 aliphatic heterocycles. The average Bonchev–Trinajstić information content (AvgIpc) is 3.39. The monoisotopic (exact) mass is 540 g/mol. The maximum absolute atomic E-state index is 7.80. The number of furan rings is 1. The molecule has 0 saturated heterocycles. The summed E-state index contributed by atoms with van der Waals surface area (Å²) in [5, 5.41) is 15.8. The predicted molar refractivity (Wildman–Crippen MR) is 171 cm³/mol.